The van der Waals surface area contributed by atoms with Crippen LogP contribution in [0.4, 0.5) is 0 Å². The molecule has 178 valence electrons. The molecular weight excluding hydrogens is 432 g/mol. The van der Waals surface area contributed by atoms with Crippen LogP contribution in [-0.2, 0) is 14.3 Å². The van der Waals surface area contributed by atoms with Crippen molar-refractivity contribution in [3.63, 3.8) is 0 Å². The molecule has 0 unspecified atom stereocenters. The summed E-state index contributed by atoms with van der Waals surface area (Å²) in [4.78, 5) is 30.2. The first-order chi connectivity index (χ1) is 16.6. The molecule has 0 aliphatic carbocycles. The van der Waals surface area contributed by atoms with Crippen LogP contribution in [-0.4, -0.2) is 73.1 Å². The van der Waals surface area contributed by atoms with Crippen molar-refractivity contribution in [3.05, 3.63) is 83.1 Å². The van der Waals surface area contributed by atoms with E-state index >= 15 is 0 Å². The van der Waals surface area contributed by atoms with Gasteiger partial charge in [-0.3, -0.25) is 14.5 Å². The molecule has 34 heavy (non-hydrogen) atoms. The number of rotatable bonds is 9. The molecule has 0 radical (unpaired) electrons. The van der Waals surface area contributed by atoms with Crippen molar-refractivity contribution in [2.45, 2.75) is 12.5 Å². The van der Waals surface area contributed by atoms with Crippen molar-refractivity contribution in [2.75, 3.05) is 46.5 Å². The van der Waals surface area contributed by atoms with Gasteiger partial charge in [0.15, 0.2) is 11.5 Å². The summed E-state index contributed by atoms with van der Waals surface area (Å²) in [5.41, 5.74) is 1.72. The van der Waals surface area contributed by atoms with Gasteiger partial charge < -0.3 is 19.5 Å². The van der Waals surface area contributed by atoms with Crippen LogP contribution >= 0.6 is 0 Å². The average molecular weight is 463 g/mol. The number of amides is 1. The van der Waals surface area contributed by atoms with Crippen molar-refractivity contribution in [3.8, 4) is 5.75 Å². The van der Waals surface area contributed by atoms with Crippen molar-refractivity contribution in [1.29, 1.82) is 0 Å². The van der Waals surface area contributed by atoms with Gasteiger partial charge in [-0.15, -0.1) is 0 Å². The third-order valence-corrected chi connectivity index (χ3v) is 6.20. The molecule has 7 nitrogen and oxygen atoms in total. The van der Waals surface area contributed by atoms with Gasteiger partial charge in [-0.2, -0.15) is 0 Å². The molecular formula is C27H30N2O5. The highest BCUT2D eigenvalue weighted by atomic mass is 16.5. The van der Waals surface area contributed by atoms with E-state index in [-0.39, 0.29) is 11.4 Å². The molecule has 0 spiro atoms. The van der Waals surface area contributed by atoms with Gasteiger partial charge in [0, 0.05) is 26.2 Å². The zero-order valence-electron chi connectivity index (χ0n) is 19.4. The van der Waals surface area contributed by atoms with Gasteiger partial charge in [-0.05, 0) is 35.8 Å². The van der Waals surface area contributed by atoms with E-state index in [1.165, 1.54) is 6.08 Å². The fraction of sp³-hybridized carbons (Fsp3) is 0.333. The standard InChI is InChI=1S/C27H30N2O5/c1-33-22-11-9-21(10-12-22)25-24(23(30)13-8-20-6-3-2-4-7-20)26(31)27(32)29(25)15-5-14-28-16-18-34-19-17-28/h2-4,6-13,25,31H,5,14-19H2,1H3/b13-8+/t25-/m1/s1. The first kappa shape index (κ1) is 23.7. The minimum Gasteiger partial charge on any atom is -0.503 e. The number of ketones is 1. The Bertz CT molecular complexity index is 1060. The monoisotopic (exact) mass is 462 g/mol. The Balaban J connectivity index is 1.57. The summed E-state index contributed by atoms with van der Waals surface area (Å²) in [5, 5.41) is 10.8. The highest BCUT2D eigenvalue weighted by Gasteiger charge is 2.42. The zero-order valence-corrected chi connectivity index (χ0v) is 19.4. The molecule has 0 saturated carbocycles. The Morgan fingerprint density at radius 2 is 1.79 bits per heavy atom. The van der Waals surface area contributed by atoms with E-state index in [1.807, 2.05) is 42.5 Å². The number of ether oxygens (including phenoxy) is 2. The summed E-state index contributed by atoms with van der Waals surface area (Å²) >= 11 is 0. The third kappa shape index (κ3) is 5.38. The molecule has 2 heterocycles. The maximum atomic E-state index is 13.2. The number of carbonyl (C=O) groups excluding carboxylic acids is 2. The first-order valence-corrected chi connectivity index (χ1v) is 11.5. The molecule has 1 N–H and O–H groups in total. The number of aliphatic hydroxyl groups is 1. The molecule has 2 aliphatic rings. The van der Waals surface area contributed by atoms with Gasteiger partial charge in [0.2, 0.25) is 0 Å². The Labute approximate surface area is 199 Å². The third-order valence-electron chi connectivity index (χ3n) is 6.20. The van der Waals surface area contributed by atoms with Crippen LogP contribution in [0.2, 0.25) is 0 Å². The van der Waals surface area contributed by atoms with E-state index in [2.05, 4.69) is 4.90 Å². The number of allylic oxidation sites excluding steroid dienone is 1. The molecule has 1 saturated heterocycles. The number of aliphatic hydroxyl groups excluding tert-OH is 1. The molecule has 2 aliphatic heterocycles. The summed E-state index contributed by atoms with van der Waals surface area (Å²) in [7, 11) is 1.58. The molecule has 7 heteroatoms. The number of methoxy groups -OCH3 is 1. The number of hydrogen-bond donors (Lipinski definition) is 1. The predicted molar refractivity (Wildman–Crippen MR) is 129 cm³/mol. The Morgan fingerprint density at radius 3 is 2.47 bits per heavy atom. The lowest BCUT2D eigenvalue weighted by molar-refractivity contribution is -0.129. The number of benzene rings is 2. The summed E-state index contributed by atoms with van der Waals surface area (Å²) in [6.45, 7) is 4.41. The van der Waals surface area contributed by atoms with Crippen LogP contribution < -0.4 is 4.74 Å². The van der Waals surface area contributed by atoms with Gasteiger partial charge in [0.1, 0.15) is 5.75 Å². The normalized spacial score (nSPS) is 19.3. The minimum absolute atomic E-state index is 0.105. The quantitative estimate of drug-likeness (QED) is 0.576. The summed E-state index contributed by atoms with van der Waals surface area (Å²) in [5.74, 6) is -0.697. The van der Waals surface area contributed by atoms with Gasteiger partial charge in [0.05, 0.1) is 31.9 Å². The van der Waals surface area contributed by atoms with E-state index in [1.54, 1.807) is 30.2 Å². The lowest BCUT2D eigenvalue weighted by Crippen LogP contribution is -2.39. The molecule has 0 bridgehead atoms. The van der Waals surface area contributed by atoms with Gasteiger partial charge in [0.25, 0.3) is 5.91 Å². The largest absolute Gasteiger partial charge is 0.503 e. The average Bonchev–Trinajstić information content (AvgIpc) is 3.14. The van der Waals surface area contributed by atoms with Crippen molar-refractivity contribution < 1.29 is 24.2 Å². The van der Waals surface area contributed by atoms with Crippen LogP contribution in [0.5, 0.6) is 5.75 Å². The molecule has 1 fully saturated rings. The minimum atomic E-state index is -0.656. The molecule has 2 aromatic rings. The SMILES string of the molecule is COc1ccc([C@@H]2C(C(=O)/C=C/c3ccccc3)=C(O)C(=O)N2CCCN2CCOCC2)cc1. The molecule has 2 aromatic carbocycles. The highest BCUT2D eigenvalue weighted by Crippen LogP contribution is 2.38. The molecule has 1 amide bonds. The van der Waals surface area contributed by atoms with Gasteiger partial charge in [-0.1, -0.05) is 48.5 Å². The van der Waals surface area contributed by atoms with Gasteiger partial charge in [-0.25, -0.2) is 0 Å². The van der Waals surface area contributed by atoms with Crippen LogP contribution in [0, 0.1) is 0 Å². The van der Waals surface area contributed by atoms with Crippen LogP contribution in [0.3, 0.4) is 0 Å². The Morgan fingerprint density at radius 1 is 1.09 bits per heavy atom. The van der Waals surface area contributed by atoms with Crippen LogP contribution in [0.1, 0.15) is 23.6 Å². The Kier molecular flexibility index (Phi) is 7.77. The second-order valence-corrected chi connectivity index (χ2v) is 8.35. The zero-order chi connectivity index (χ0) is 23.9. The second kappa shape index (κ2) is 11.1. The summed E-state index contributed by atoms with van der Waals surface area (Å²) < 4.78 is 10.7. The van der Waals surface area contributed by atoms with Crippen molar-refractivity contribution in [2.24, 2.45) is 0 Å². The van der Waals surface area contributed by atoms with E-state index in [9.17, 15) is 14.7 Å². The van der Waals surface area contributed by atoms with Crippen molar-refractivity contribution in [1.82, 2.24) is 9.80 Å². The lowest BCUT2D eigenvalue weighted by atomic mass is 9.95. The fourth-order valence-corrected chi connectivity index (χ4v) is 4.38. The van der Waals surface area contributed by atoms with E-state index < -0.39 is 17.7 Å². The topological polar surface area (TPSA) is 79.3 Å². The van der Waals surface area contributed by atoms with E-state index in [0.29, 0.717) is 25.5 Å². The smallest absolute Gasteiger partial charge is 0.290 e. The van der Waals surface area contributed by atoms with Crippen molar-refractivity contribution >= 4 is 17.8 Å². The fourth-order valence-electron chi connectivity index (χ4n) is 4.38. The maximum Gasteiger partial charge on any atom is 0.290 e. The Hall–Kier alpha value is -3.42. The first-order valence-electron chi connectivity index (χ1n) is 11.5. The molecule has 0 aromatic heterocycles. The van der Waals surface area contributed by atoms with Gasteiger partial charge >= 0.3 is 0 Å². The summed E-state index contributed by atoms with van der Waals surface area (Å²) in [6, 6.07) is 16.0. The predicted octanol–water partition coefficient (Wildman–Crippen LogP) is 3.40. The van der Waals surface area contributed by atoms with Crippen LogP contribution in [0.25, 0.3) is 6.08 Å². The number of nitrogens with zero attached hydrogens (tertiary/aromatic N) is 2. The highest BCUT2D eigenvalue weighted by molar-refractivity contribution is 6.14. The summed E-state index contributed by atoms with van der Waals surface area (Å²) in [6.07, 6.45) is 3.84. The number of hydrogen-bond acceptors (Lipinski definition) is 6. The second-order valence-electron chi connectivity index (χ2n) is 8.35. The van der Waals surface area contributed by atoms with E-state index in [0.717, 1.165) is 37.2 Å². The number of morpholine rings is 1. The molecule has 4 rings (SSSR count). The maximum absolute atomic E-state index is 13.2. The number of carbonyl (C=O) groups is 2. The van der Waals surface area contributed by atoms with E-state index in [4.69, 9.17) is 9.47 Å². The van der Waals surface area contributed by atoms with Crippen LogP contribution in [0.15, 0.2) is 72.0 Å². The molecule has 1 atom stereocenters. The lowest BCUT2D eigenvalue weighted by Gasteiger charge is -2.30.